The number of ketones is 1. The van der Waals surface area contributed by atoms with E-state index in [1.807, 2.05) is 0 Å². The van der Waals surface area contributed by atoms with Gasteiger partial charge < -0.3 is 11.5 Å². The van der Waals surface area contributed by atoms with Crippen molar-refractivity contribution in [3.63, 3.8) is 0 Å². The molecule has 22 heavy (non-hydrogen) atoms. The molecule has 116 valence electrons. The number of halogens is 1. The molecule has 1 aliphatic heterocycles. The quantitative estimate of drug-likeness (QED) is 0.753. The van der Waals surface area contributed by atoms with Crippen LogP contribution in [-0.4, -0.2) is 20.9 Å². The first-order valence-corrected chi connectivity index (χ1v) is 7.36. The van der Waals surface area contributed by atoms with Crippen LogP contribution in [0, 0.1) is 0 Å². The summed E-state index contributed by atoms with van der Waals surface area (Å²) in [5, 5.41) is -0.0820. The van der Waals surface area contributed by atoms with Gasteiger partial charge in [-0.25, -0.2) is 9.67 Å². The molecule has 3 rings (SSSR count). The molecule has 4 N–H and O–H groups in total. The number of Topliss-reactive ketones (excluding diaryl/α,β-unsaturated/α-hetero) is 1. The largest absolute Gasteiger partial charge is 0.396 e. The topological polar surface area (TPSA) is 108 Å². The summed E-state index contributed by atoms with van der Waals surface area (Å²) in [6, 6.07) is 0. The van der Waals surface area contributed by atoms with Crippen molar-refractivity contribution in [1.82, 2.24) is 9.36 Å². The van der Waals surface area contributed by atoms with Gasteiger partial charge in [0.25, 0.3) is 5.56 Å². The molecule has 0 fully saturated rings. The standard InChI is InChI=1S/C14H16ClN5O2/c1-7-6-8(10(16)9(15)12(7)21)18-11-13(17)19-4-2-3-5-20(19)14(11)22/h6H,2-5,16-17H2,1H3/b18-8-. The minimum atomic E-state index is -0.334. The normalized spacial score (nSPS) is 20.4. The lowest BCUT2D eigenvalue weighted by Crippen LogP contribution is -2.27. The third-order valence-electron chi connectivity index (χ3n) is 3.89. The highest BCUT2D eigenvalue weighted by Crippen LogP contribution is 2.25. The van der Waals surface area contributed by atoms with Gasteiger partial charge in [-0.3, -0.25) is 14.3 Å². The molecule has 0 aromatic carbocycles. The number of aliphatic imine (C=N–C) groups is 1. The number of hydrogen-bond acceptors (Lipinski definition) is 5. The Morgan fingerprint density at radius 1 is 1.18 bits per heavy atom. The molecular weight excluding hydrogens is 306 g/mol. The van der Waals surface area contributed by atoms with Crippen LogP contribution in [0.3, 0.4) is 0 Å². The van der Waals surface area contributed by atoms with E-state index in [-0.39, 0.29) is 33.5 Å². The SMILES string of the molecule is CC1=C/C(=N/c2c(N)n3n(c2=O)CCCC3)C(N)=C(Cl)C1=O. The van der Waals surface area contributed by atoms with Crippen LogP contribution in [0.25, 0.3) is 0 Å². The Labute approximate surface area is 131 Å². The molecule has 1 aromatic rings. The fourth-order valence-corrected chi connectivity index (χ4v) is 2.90. The fraction of sp³-hybridized carbons (Fsp3) is 0.357. The van der Waals surface area contributed by atoms with Crippen LogP contribution < -0.4 is 17.0 Å². The molecule has 0 amide bonds. The van der Waals surface area contributed by atoms with Crippen molar-refractivity contribution < 1.29 is 4.79 Å². The van der Waals surface area contributed by atoms with E-state index in [1.54, 1.807) is 16.3 Å². The van der Waals surface area contributed by atoms with Gasteiger partial charge in [0.2, 0.25) is 5.78 Å². The van der Waals surface area contributed by atoms with Gasteiger partial charge in [0.05, 0.1) is 11.4 Å². The van der Waals surface area contributed by atoms with Crippen molar-refractivity contribution in [2.45, 2.75) is 32.9 Å². The summed E-state index contributed by atoms with van der Waals surface area (Å²) in [4.78, 5) is 28.4. The van der Waals surface area contributed by atoms with E-state index in [9.17, 15) is 9.59 Å². The van der Waals surface area contributed by atoms with Gasteiger partial charge in [0.1, 0.15) is 5.03 Å². The number of nitrogen functional groups attached to an aromatic ring is 1. The molecule has 7 nitrogen and oxygen atoms in total. The first-order chi connectivity index (χ1) is 10.4. The number of carbonyl (C=O) groups excluding carboxylic acids is 1. The van der Waals surface area contributed by atoms with Crippen LogP contribution in [0.1, 0.15) is 19.8 Å². The summed E-state index contributed by atoms with van der Waals surface area (Å²) < 4.78 is 3.32. The highest BCUT2D eigenvalue weighted by molar-refractivity contribution is 6.49. The van der Waals surface area contributed by atoms with Crippen LogP contribution in [0.4, 0.5) is 11.5 Å². The molecular formula is C14H16ClN5O2. The summed E-state index contributed by atoms with van der Waals surface area (Å²) in [6.07, 6.45) is 3.42. The number of fused-ring (bicyclic) bond motifs is 1. The van der Waals surface area contributed by atoms with E-state index < -0.39 is 0 Å². The number of hydrogen-bond donors (Lipinski definition) is 2. The monoisotopic (exact) mass is 321 g/mol. The molecule has 0 atom stereocenters. The first kappa shape index (κ1) is 14.6. The van der Waals surface area contributed by atoms with Gasteiger partial charge in [-0.2, -0.15) is 0 Å². The van der Waals surface area contributed by atoms with Crippen molar-refractivity contribution >= 4 is 34.6 Å². The Bertz CT molecular complexity index is 825. The van der Waals surface area contributed by atoms with Gasteiger partial charge in [-0.05, 0) is 25.8 Å². The Hall–Kier alpha value is -2.28. The van der Waals surface area contributed by atoms with Gasteiger partial charge in [-0.15, -0.1) is 0 Å². The molecule has 0 bridgehead atoms. The van der Waals surface area contributed by atoms with Crippen LogP contribution >= 0.6 is 11.6 Å². The van der Waals surface area contributed by atoms with Crippen molar-refractivity contribution in [3.05, 3.63) is 32.7 Å². The number of aromatic nitrogens is 2. The summed E-state index contributed by atoms with van der Waals surface area (Å²) in [6.45, 7) is 2.92. The summed E-state index contributed by atoms with van der Waals surface area (Å²) >= 11 is 5.92. The van der Waals surface area contributed by atoms with E-state index >= 15 is 0 Å². The Morgan fingerprint density at radius 3 is 2.45 bits per heavy atom. The number of allylic oxidation sites excluding steroid dienone is 3. The lowest BCUT2D eigenvalue weighted by molar-refractivity contribution is -0.111. The van der Waals surface area contributed by atoms with E-state index in [1.165, 1.54) is 6.08 Å². The minimum Gasteiger partial charge on any atom is -0.396 e. The second kappa shape index (κ2) is 5.17. The van der Waals surface area contributed by atoms with Gasteiger partial charge in [0, 0.05) is 18.7 Å². The van der Waals surface area contributed by atoms with Crippen LogP contribution in [0.5, 0.6) is 0 Å². The van der Waals surface area contributed by atoms with Gasteiger partial charge in [-0.1, -0.05) is 11.6 Å². The number of nitrogens with zero attached hydrogens (tertiary/aromatic N) is 3. The number of nitrogens with two attached hydrogens (primary N) is 2. The van der Waals surface area contributed by atoms with Gasteiger partial charge >= 0.3 is 0 Å². The second-order valence-corrected chi connectivity index (χ2v) is 5.75. The Kier molecular flexibility index (Phi) is 3.44. The molecule has 0 saturated heterocycles. The second-order valence-electron chi connectivity index (χ2n) is 5.37. The van der Waals surface area contributed by atoms with Crippen molar-refractivity contribution in [2.75, 3.05) is 5.73 Å². The van der Waals surface area contributed by atoms with E-state index in [0.717, 1.165) is 12.8 Å². The predicted molar refractivity (Wildman–Crippen MR) is 85.3 cm³/mol. The maximum Gasteiger partial charge on any atom is 0.294 e. The molecule has 0 radical (unpaired) electrons. The van der Waals surface area contributed by atoms with E-state index in [2.05, 4.69) is 4.99 Å². The molecule has 0 spiro atoms. The zero-order valence-electron chi connectivity index (χ0n) is 12.1. The smallest absolute Gasteiger partial charge is 0.294 e. The molecule has 1 aromatic heterocycles. The Balaban J connectivity index is 2.16. The zero-order valence-corrected chi connectivity index (χ0v) is 12.9. The third-order valence-corrected chi connectivity index (χ3v) is 4.27. The average Bonchev–Trinajstić information content (AvgIpc) is 2.76. The highest BCUT2D eigenvalue weighted by Gasteiger charge is 2.24. The molecule has 1 aliphatic carbocycles. The summed E-state index contributed by atoms with van der Waals surface area (Å²) in [5.74, 6) is -0.0249. The van der Waals surface area contributed by atoms with Crippen LogP contribution in [0.15, 0.2) is 32.2 Å². The van der Waals surface area contributed by atoms with Crippen molar-refractivity contribution in [3.8, 4) is 0 Å². The molecule has 0 unspecified atom stereocenters. The molecule has 8 heteroatoms. The fourth-order valence-electron chi connectivity index (χ4n) is 2.65. The van der Waals surface area contributed by atoms with Crippen molar-refractivity contribution in [1.29, 1.82) is 0 Å². The van der Waals surface area contributed by atoms with E-state index in [0.29, 0.717) is 24.5 Å². The zero-order chi connectivity index (χ0) is 16.0. The van der Waals surface area contributed by atoms with Gasteiger partial charge in [0.15, 0.2) is 11.5 Å². The number of anilines is 1. The summed E-state index contributed by atoms with van der Waals surface area (Å²) in [7, 11) is 0. The van der Waals surface area contributed by atoms with Crippen molar-refractivity contribution in [2.24, 2.45) is 10.7 Å². The highest BCUT2D eigenvalue weighted by atomic mass is 35.5. The lowest BCUT2D eigenvalue weighted by Gasteiger charge is -2.17. The lowest BCUT2D eigenvalue weighted by atomic mass is 10.0. The predicted octanol–water partition coefficient (Wildman–Crippen LogP) is 1.04. The van der Waals surface area contributed by atoms with Crippen LogP contribution in [0.2, 0.25) is 0 Å². The summed E-state index contributed by atoms with van der Waals surface area (Å²) in [5.41, 5.74) is 12.5. The maximum atomic E-state index is 12.4. The number of carbonyl (C=O) groups is 1. The molecule has 0 saturated carbocycles. The maximum absolute atomic E-state index is 12.4. The van der Waals surface area contributed by atoms with Crippen LogP contribution in [-0.2, 0) is 17.9 Å². The van der Waals surface area contributed by atoms with E-state index in [4.69, 9.17) is 23.1 Å². The third kappa shape index (κ3) is 2.09. The molecule has 2 aliphatic rings. The average molecular weight is 322 g/mol. The minimum absolute atomic E-state index is 0.0604. The first-order valence-electron chi connectivity index (χ1n) is 6.98. The molecule has 2 heterocycles. The number of rotatable bonds is 1. The Morgan fingerprint density at radius 2 is 1.82 bits per heavy atom.